The number of rotatable bonds is 4. The molecule has 1 atom stereocenters. The maximum atomic E-state index is 12.6. The lowest BCUT2D eigenvalue weighted by Crippen LogP contribution is -2.47. The Bertz CT molecular complexity index is 639. The molecule has 1 saturated carbocycles. The van der Waals surface area contributed by atoms with Gasteiger partial charge in [0, 0.05) is 50.5 Å². The molecule has 1 aromatic heterocycles. The topological polar surface area (TPSA) is 78.4 Å². The van der Waals surface area contributed by atoms with Crippen molar-refractivity contribution in [2.45, 2.75) is 57.0 Å². The number of hydrogen-bond acceptors (Lipinski definition) is 5. The first kappa shape index (κ1) is 17.2. The highest BCUT2D eigenvalue weighted by molar-refractivity contribution is 5.89. The largest absolute Gasteiger partial charge is 0.355 e. The van der Waals surface area contributed by atoms with E-state index in [0.717, 1.165) is 44.6 Å². The van der Waals surface area contributed by atoms with Crippen LogP contribution in [0, 0.1) is 5.92 Å². The molecule has 1 aliphatic carbocycles. The van der Waals surface area contributed by atoms with Crippen LogP contribution < -0.4 is 10.2 Å². The number of hydrogen-bond donors (Lipinski definition) is 1. The zero-order chi connectivity index (χ0) is 17.9. The van der Waals surface area contributed by atoms with Gasteiger partial charge in [-0.3, -0.25) is 14.6 Å². The molecule has 0 aromatic carbocycles. The Labute approximate surface area is 154 Å². The third kappa shape index (κ3) is 3.66. The molecule has 1 N–H and O–H groups in total. The molecule has 140 valence electrons. The van der Waals surface area contributed by atoms with Crippen molar-refractivity contribution in [1.82, 2.24) is 20.2 Å². The zero-order valence-corrected chi connectivity index (χ0v) is 15.1. The van der Waals surface area contributed by atoms with Crippen LogP contribution in [0.4, 0.5) is 5.82 Å². The van der Waals surface area contributed by atoms with Gasteiger partial charge in [0.05, 0.1) is 12.1 Å². The van der Waals surface area contributed by atoms with Crippen molar-refractivity contribution >= 4 is 17.6 Å². The second kappa shape index (κ2) is 7.60. The summed E-state index contributed by atoms with van der Waals surface area (Å²) in [6.07, 6.45) is 11.9. The molecule has 0 radical (unpaired) electrons. The molecular weight excluding hydrogens is 330 g/mol. The second-order valence-corrected chi connectivity index (χ2v) is 7.72. The zero-order valence-electron chi connectivity index (χ0n) is 15.1. The van der Waals surface area contributed by atoms with Crippen LogP contribution in [0.25, 0.3) is 0 Å². The van der Waals surface area contributed by atoms with E-state index in [2.05, 4.69) is 20.2 Å². The molecule has 3 heterocycles. The first-order chi connectivity index (χ1) is 12.7. The van der Waals surface area contributed by atoms with Gasteiger partial charge < -0.3 is 15.1 Å². The Balaban J connectivity index is 1.26. The Morgan fingerprint density at radius 2 is 1.88 bits per heavy atom. The van der Waals surface area contributed by atoms with Gasteiger partial charge in [-0.1, -0.05) is 12.8 Å². The monoisotopic (exact) mass is 357 g/mol. The Morgan fingerprint density at radius 1 is 1.12 bits per heavy atom. The Kier molecular flexibility index (Phi) is 5.04. The van der Waals surface area contributed by atoms with Gasteiger partial charge in [-0.25, -0.2) is 4.98 Å². The van der Waals surface area contributed by atoms with E-state index in [1.807, 2.05) is 4.90 Å². The van der Waals surface area contributed by atoms with Crippen LogP contribution in [0.5, 0.6) is 0 Å². The van der Waals surface area contributed by atoms with E-state index in [-0.39, 0.29) is 23.8 Å². The van der Waals surface area contributed by atoms with Gasteiger partial charge in [-0.2, -0.15) is 0 Å². The number of nitrogens with one attached hydrogen (secondary N) is 1. The molecule has 3 fully saturated rings. The maximum absolute atomic E-state index is 12.6. The van der Waals surface area contributed by atoms with Crippen molar-refractivity contribution in [2.75, 3.05) is 24.5 Å². The number of aromatic nitrogens is 2. The molecule has 2 aliphatic heterocycles. The number of likely N-dealkylation sites (tertiary alicyclic amines) is 1. The first-order valence-electron chi connectivity index (χ1n) is 9.81. The number of carbonyl (C=O) groups excluding carboxylic acids is 2. The molecular formula is C19H27N5O2. The summed E-state index contributed by atoms with van der Waals surface area (Å²) >= 11 is 0. The molecule has 7 nitrogen and oxygen atoms in total. The van der Waals surface area contributed by atoms with Crippen LogP contribution in [0.2, 0.25) is 0 Å². The quantitative estimate of drug-likeness (QED) is 0.880. The fraction of sp³-hybridized carbons (Fsp3) is 0.684. The minimum absolute atomic E-state index is 0.0526. The van der Waals surface area contributed by atoms with E-state index in [1.165, 1.54) is 12.8 Å². The van der Waals surface area contributed by atoms with Crippen molar-refractivity contribution in [3.8, 4) is 0 Å². The Morgan fingerprint density at radius 3 is 2.58 bits per heavy atom. The predicted octanol–water partition coefficient (Wildman–Crippen LogP) is 1.35. The van der Waals surface area contributed by atoms with Crippen molar-refractivity contribution in [1.29, 1.82) is 0 Å². The summed E-state index contributed by atoms with van der Waals surface area (Å²) in [5.74, 6) is 0.929. The summed E-state index contributed by atoms with van der Waals surface area (Å²) in [5, 5.41) is 3.18. The lowest BCUT2D eigenvalue weighted by Gasteiger charge is -2.33. The van der Waals surface area contributed by atoms with Crippen LogP contribution >= 0.6 is 0 Å². The third-order valence-electron chi connectivity index (χ3n) is 6.01. The van der Waals surface area contributed by atoms with Crippen molar-refractivity contribution in [2.24, 2.45) is 5.92 Å². The van der Waals surface area contributed by atoms with E-state index in [0.29, 0.717) is 19.0 Å². The van der Waals surface area contributed by atoms with E-state index in [4.69, 9.17) is 0 Å². The molecule has 7 heteroatoms. The highest BCUT2D eigenvalue weighted by Gasteiger charge is 2.39. The molecule has 0 spiro atoms. The molecule has 3 aliphatic rings. The second-order valence-electron chi connectivity index (χ2n) is 7.72. The average Bonchev–Trinajstić information content (AvgIpc) is 3.32. The minimum Gasteiger partial charge on any atom is -0.355 e. The van der Waals surface area contributed by atoms with Gasteiger partial charge in [0.25, 0.3) is 0 Å². The third-order valence-corrected chi connectivity index (χ3v) is 6.01. The highest BCUT2D eigenvalue weighted by Crippen LogP contribution is 2.29. The van der Waals surface area contributed by atoms with Gasteiger partial charge in [-0.15, -0.1) is 0 Å². The van der Waals surface area contributed by atoms with E-state index in [9.17, 15) is 9.59 Å². The summed E-state index contributed by atoms with van der Waals surface area (Å²) in [6, 6.07) is 0.557. The summed E-state index contributed by atoms with van der Waals surface area (Å²) in [4.78, 5) is 37.6. The lowest BCUT2D eigenvalue weighted by molar-refractivity contribution is -0.130. The number of carbonyl (C=O) groups is 2. The first-order valence-corrected chi connectivity index (χ1v) is 9.81. The van der Waals surface area contributed by atoms with Gasteiger partial charge in [0.1, 0.15) is 5.82 Å². The van der Waals surface area contributed by atoms with E-state index in [1.54, 1.807) is 18.6 Å². The smallest absolute Gasteiger partial charge is 0.225 e. The number of piperidine rings is 1. The number of nitrogens with zero attached hydrogens (tertiary/aromatic N) is 4. The van der Waals surface area contributed by atoms with E-state index < -0.39 is 0 Å². The molecule has 1 aromatic rings. The standard InChI is InChI=1S/C19H27N5O2/c25-18-11-14(13-24(18)16-3-1-2-4-16)19(26)22-15-5-9-23(10-6-15)17-12-20-7-8-21-17/h7-8,12,14-16H,1-6,9-11,13H2,(H,22,26). The molecule has 2 amide bonds. The summed E-state index contributed by atoms with van der Waals surface area (Å²) in [7, 11) is 0. The fourth-order valence-electron chi connectivity index (χ4n) is 4.50. The van der Waals surface area contributed by atoms with Gasteiger partial charge in [0.15, 0.2) is 0 Å². The van der Waals surface area contributed by atoms with Crippen LogP contribution in [-0.2, 0) is 9.59 Å². The van der Waals surface area contributed by atoms with Crippen LogP contribution in [0.1, 0.15) is 44.9 Å². The molecule has 0 bridgehead atoms. The summed E-state index contributed by atoms with van der Waals surface area (Å²) in [6.45, 7) is 2.33. The van der Waals surface area contributed by atoms with Crippen LogP contribution in [-0.4, -0.2) is 58.4 Å². The SMILES string of the molecule is O=C(NC1CCN(c2cnccn2)CC1)C1CC(=O)N(C2CCCC2)C1. The number of amides is 2. The van der Waals surface area contributed by atoms with Gasteiger partial charge in [0.2, 0.25) is 11.8 Å². The molecule has 4 rings (SSSR count). The Hall–Kier alpha value is -2.18. The molecule has 2 saturated heterocycles. The van der Waals surface area contributed by atoms with Gasteiger partial charge >= 0.3 is 0 Å². The molecule has 26 heavy (non-hydrogen) atoms. The minimum atomic E-state index is -0.180. The van der Waals surface area contributed by atoms with Crippen molar-refractivity contribution in [3.05, 3.63) is 18.6 Å². The lowest BCUT2D eigenvalue weighted by atomic mass is 10.0. The molecule has 1 unspecified atom stereocenters. The normalized spacial score (nSPS) is 25.1. The van der Waals surface area contributed by atoms with E-state index >= 15 is 0 Å². The number of anilines is 1. The maximum Gasteiger partial charge on any atom is 0.225 e. The average molecular weight is 357 g/mol. The predicted molar refractivity (Wildman–Crippen MR) is 97.5 cm³/mol. The van der Waals surface area contributed by atoms with Gasteiger partial charge in [-0.05, 0) is 25.7 Å². The highest BCUT2D eigenvalue weighted by atomic mass is 16.2. The van der Waals surface area contributed by atoms with Crippen molar-refractivity contribution < 1.29 is 9.59 Å². The fourth-order valence-corrected chi connectivity index (χ4v) is 4.50. The van der Waals surface area contributed by atoms with Crippen LogP contribution in [0.15, 0.2) is 18.6 Å². The summed E-state index contributed by atoms with van der Waals surface area (Å²) in [5.41, 5.74) is 0. The van der Waals surface area contributed by atoms with Crippen LogP contribution in [0.3, 0.4) is 0 Å². The summed E-state index contributed by atoms with van der Waals surface area (Å²) < 4.78 is 0. The van der Waals surface area contributed by atoms with Crippen molar-refractivity contribution in [3.63, 3.8) is 0 Å².